The summed E-state index contributed by atoms with van der Waals surface area (Å²) in [5, 5.41) is 16.8. The van der Waals surface area contributed by atoms with Crippen molar-refractivity contribution < 1.29 is 9.90 Å². The number of hydrogen-bond acceptors (Lipinski definition) is 4. The normalized spacial score (nSPS) is 15.3. The van der Waals surface area contributed by atoms with Crippen molar-refractivity contribution in [3.8, 4) is 0 Å². The van der Waals surface area contributed by atoms with Gasteiger partial charge in [-0.3, -0.25) is 0 Å². The van der Waals surface area contributed by atoms with Crippen LogP contribution < -0.4 is 10.6 Å². The first kappa shape index (κ1) is 17.9. The molecule has 3 N–H and O–H groups in total. The van der Waals surface area contributed by atoms with E-state index < -0.39 is 5.60 Å². The van der Waals surface area contributed by atoms with Crippen LogP contribution in [0.15, 0.2) is 0 Å². The predicted molar refractivity (Wildman–Crippen MR) is 86.8 cm³/mol. The molecule has 0 spiro atoms. The summed E-state index contributed by atoms with van der Waals surface area (Å²) in [4.78, 5) is 17.4. The summed E-state index contributed by atoms with van der Waals surface area (Å²) in [5.41, 5.74) is 0.180. The van der Waals surface area contributed by atoms with E-state index in [0.29, 0.717) is 6.54 Å². The van der Waals surface area contributed by atoms with Gasteiger partial charge in [-0.05, 0) is 26.7 Å². The molecule has 0 bridgehead atoms. The van der Waals surface area contributed by atoms with Gasteiger partial charge in [-0.25, -0.2) is 9.78 Å². The third-order valence-corrected chi connectivity index (χ3v) is 5.11. The van der Waals surface area contributed by atoms with Crippen LogP contribution >= 0.6 is 11.3 Å². The molecule has 0 saturated carbocycles. The number of thiazole rings is 1. The van der Waals surface area contributed by atoms with Crippen LogP contribution in [-0.2, 0) is 6.42 Å². The zero-order valence-electron chi connectivity index (χ0n) is 13.6. The SMILES string of the molecule is CCC(C)C(C)(O)CNC(=O)NCCc1nc(C)c(C)s1. The first-order valence-corrected chi connectivity index (χ1v) is 8.25. The van der Waals surface area contributed by atoms with Crippen LogP contribution in [0.1, 0.15) is 42.8 Å². The van der Waals surface area contributed by atoms with Crippen molar-refractivity contribution in [3.05, 3.63) is 15.6 Å². The molecule has 0 aliphatic carbocycles. The number of amides is 2. The number of urea groups is 1. The second kappa shape index (κ2) is 7.75. The number of aromatic nitrogens is 1. The monoisotopic (exact) mass is 313 g/mol. The minimum Gasteiger partial charge on any atom is -0.388 e. The van der Waals surface area contributed by atoms with E-state index in [1.165, 1.54) is 4.88 Å². The Kier molecular flexibility index (Phi) is 6.61. The highest BCUT2D eigenvalue weighted by Gasteiger charge is 2.27. The lowest BCUT2D eigenvalue weighted by atomic mass is 9.89. The number of nitrogens with zero attached hydrogens (tertiary/aromatic N) is 1. The number of aryl methyl sites for hydroxylation is 2. The van der Waals surface area contributed by atoms with Gasteiger partial charge in [0.15, 0.2) is 0 Å². The number of carbonyl (C=O) groups is 1. The quantitative estimate of drug-likeness (QED) is 0.723. The highest BCUT2D eigenvalue weighted by atomic mass is 32.1. The minimum absolute atomic E-state index is 0.138. The maximum Gasteiger partial charge on any atom is 0.314 e. The Bertz CT molecular complexity index is 452. The molecule has 1 heterocycles. The molecular formula is C15H27N3O2S. The molecule has 6 heteroatoms. The Hall–Kier alpha value is -1.14. The molecule has 2 atom stereocenters. The van der Waals surface area contributed by atoms with Gasteiger partial charge >= 0.3 is 6.03 Å². The maximum atomic E-state index is 11.7. The third kappa shape index (κ3) is 5.63. The van der Waals surface area contributed by atoms with Crippen LogP contribution in [0.2, 0.25) is 0 Å². The third-order valence-electron chi connectivity index (χ3n) is 3.98. The smallest absolute Gasteiger partial charge is 0.314 e. The van der Waals surface area contributed by atoms with Gasteiger partial charge in [0.25, 0.3) is 0 Å². The first-order valence-electron chi connectivity index (χ1n) is 7.43. The fourth-order valence-corrected chi connectivity index (χ4v) is 2.80. The molecule has 2 unspecified atom stereocenters. The summed E-state index contributed by atoms with van der Waals surface area (Å²) in [6.45, 7) is 10.6. The van der Waals surface area contributed by atoms with Crippen LogP contribution in [0.3, 0.4) is 0 Å². The van der Waals surface area contributed by atoms with E-state index in [0.717, 1.165) is 23.5 Å². The van der Waals surface area contributed by atoms with Crippen molar-refractivity contribution >= 4 is 17.4 Å². The Morgan fingerprint density at radius 1 is 1.43 bits per heavy atom. The molecule has 5 nitrogen and oxygen atoms in total. The lowest BCUT2D eigenvalue weighted by Crippen LogP contribution is -2.48. The molecule has 1 aromatic heterocycles. The van der Waals surface area contributed by atoms with E-state index in [9.17, 15) is 9.90 Å². The molecule has 1 rings (SSSR count). The van der Waals surface area contributed by atoms with Gasteiger partial charge in [-0.2, -0.15) is 0 Å². The van der Waals surface area contributed by atoms with Crippen LogP contribution in [0.5, 0.6) is 0 Å². The van der Waals surface area contributed by atoms with Gasteiger partial charge in [0.1, 0.15) is 0 Å². The summed E-state index contributed by atoms with van der Waals surface area (Å²) in [6, 6.07) is -0.247. The molecule has 0 aliphatic heterocycles. The molecule has 0 saturated heterocycles. The van der Waals surface area contributed by atoms with Crippen LogP contribution in [0.4, 0.5) is 4.79 Å². The van der Waals surface area contributed by atoms with Crippen molar-refractivity contribution in [2.24, 2.45) is 5.92 Å². The van der Waals surface area contributed by atoms with Crippen molar-refractivity contribution in [3.63, 3.8) is 0 Å². The zero-order valence-corrected chi connectivity index (χ0v) is 14.4. The topological polar surface area (TPSA) is 74.2 Å². The average molecular weight is 313 g/mol. The van der Waals surface area contributed by atoms with Crippen molar-refractivity contribution in [2.45, 2.75) is 53.1 Å². The lowest BCUT2D eigenvalue weighted by molar-refractivity contribution is 0.00791. The van der Waals surface area contributed by atoms with Gasteiger partial charge in [0.05, 0.1) is 16.3 Å². The standard InChI is InChI=1S/C15H27N3O2S/c1-6-10(2)15(5,20)9-17-14(19)16-8-7-13-18-11(3)12(4)21-13/h10,20H,6-9H2,1-5H3,(H2,16,17,19). The predicted octanol–water partition coefficient (Wildman–Crippen LogP) is 2.40. The number of hydrogen-bond donors (Lipinski definition) is 3. The maximum absolute atomic E-state index is 11.7. The minimum atomic E-state index is -0.879. The van der Waals surface area contributed by atoms with E-state index in [1.807, 2.05) is 27.7 Å². The Labute approximate surface area is 131 Å². The van der Waals surface area contributed by atoms with E-state index in [2.05, 4.69) is 15.6 Å². The second-order valence-corrected chi connectivity index (χ2v) is 7.06. The van der Waals surface area contributed by atoms with Gasteiger partial charge in [0.2, 0.25) is 0 Å². The van der Waals surface area contributed by atoms with E-state index in [4.69, 9.17) is 0 Å². The largest absolute Gasteiger partial charge is 0.388 e. The van der Waals surface area contributed by atoms with Crippen LogP contribution in [0.25, 0.3) is 0 Å². The highest BCUT2D eigenvalue weighted by molar-refractivity contribution is 7.11. The van der Waals surface area contributed by atoms with Crippen molar-refractivity contribution in [1.29, 1.82) is 0 Å². The van der Waals surface area contributed by atoms with E-state index in [-0.39, 0.29) is 18.5 Å². The Morgan fingerprint density at radius 3 is 2.62 bits per heavy atom. The summed E-state index contributed by atoms with van der Waals surface area (Å²) < 4.78 is 0. The van der Waals surface area contributed by atoms with Gasteiger partial charge < -0.3 is 15.7 Å². The van der Waals surface area contributed by atoms with Crippen molar-refractivity contribution in [1.82, 2.24) is 15.6 Å². The first-order chi connectivity index (χ1) is 9.76. The van der Waals surface area contributed by atoms with E-state index in [1.54, 1.807) is 18.3 Å². The summed E-state index contributed by atoms with van der Waals surface area (Å²) in [7, 11) is 0. The zero-order chi connectivity index (χ0) is 16.0. The molecular weight excluding hydrogens is 286 g/mol. The Morgan fingerprint density at radius 2 is 2.10 bits per heavy atom. The average Bonchev–Trinajstić information content (AvgIpc) is 2.74. The number of carbonyl (C=O) groups excluding carboxylic acids is 1. The molecule has 21 heavy (non-hydrogen) atoms. The molecule has 2 amide bonds. The van der Waals surface area contributed by atoms with Crippen LogP contribution in [-0.4, -0.2) is 34.8 Å². The summed E-state index contributed by atoms with van der Waals surface area (Å²) in [6.07, 6.45) is 1.60. The molecule has 120 valence electrons. The molecule has 0 radical (unpaired) electrons. The second-order valence-electron chi connectivity index (χ2n) is 5.78. The molecule has 0 fully saturated rings. The Balaban J connectivity index is 2.28. The van der Waals surface area contributed by atoms with Gasteiger partial charge in [-0.1, -0.05) is 20.3 Å². The molecule has 0 aliphatic rings. The van der Waals surface area contributed by atoms with E-state index >= 15 is 0 Å². The number of rotatable bonds is 7. The summed E-state index contributed by atoms with van der Waals surface area (Å²) >= 11 is 1.67. The highest BCUT2D eigenvalue weighted by Crippen LogP contribution is 2.18. The van der Waals surface area contributed by atoms with Gasteiger partial charge in [-0.15, -0.1) is 11.3 Å². The number of aliphatic hydroxyl groups is 1. The number of nitrogens with one attached hydrogen (secondary N) is 2. The fourth-order valence-electron chi connectivity index (χ4n) is 1.86. The fraction of sp³-hybridized carbons (Fsp3) is 0.733. The summed E-state index contributed by atoms with van der Waals surface area (Å²) in [5.74, 6) is 0.138. The molecule has 0 aromatic carbocycles. The lowest BCUT2D eigenvalue weighted by Gasteiger charge is -2.29. The van der Waals surface area contributed by atoms with Crippen molar-refractivity contribution in [2.75, 3.05) is 13.1 Å². The van der Waals surface area contributed by atoms with Crippen LogP contribution in [0, 0.1) is 19.8 Å². The molecule has 1 aromatic rings. The van der Waals surface area contributed by atoms with Gasteiger partial charge in [0, 0.05) is 24.4 Å².